The summed E-state index contributed by atoms with van der Waals surface area (Å²) >= 11 is 0. The highest BCUT2D eigenvalue weighted by molar-refractivity contribution is 5.15. The molecule has 1 aliphatic rings. The fraction of sp³-hybridized carbons (Fsp3) is 0.478. The summed E-state index contributed by atoms with van der Waals surface area (Å²) in [5.41, 5.74) is 2.92. The zero-order chi connectivity index (χ0) is 17.2. The molecule has 0 aliphatic carbocycles. The number of piperidine rings is 1. The summed E-state index contributed by atoms with van der Waals surface area (Å²) in [6, 6.07) is 22.6. The van der Waals surface area contributed by atoms with Crippen LogP contribution in [0, 0.1) is 0 Å². The van der Waals surface area contributed by atoms with Crippen LogP contribution in [0.1, 0.15) is 43.2 Å². The van der Waals surface area contributed by atoms with E-state index in [0.29, 0.717) is 0 Å². The molecule has 0 bridgehead atoms. The van der Waals surface area contributed by atoms with Gasteiger partial charge in [0, 0.05) is 12.6 Å². The Hall–Kier alpha value is -1.64. The molecule has 1 saturated heterocycles. The fourth-order valence-electron chi connectivity index (χ4n) is 3.85. The summed E-state index contributed by atoms with van der Waals surface area (Å²) in [6.07, 6.45) is 7.73. The van der Waals surface area contributed by atoms with Crippen molar-refractivity contribution >= 4 is 0 Å². The summed E-state index contributed by atoms with van der Waals surface area (Å²) in [6.45, 7) is 4.67. The minimum absolute atomic E-state index is 0.746. The first-order valence-corrected chi connectivity index (χ1v) is 9.94. The first-order chi connectivity index (χ1) is 12.4. The van der Waals surface area contributed by atoms with E-state index in [0.717, 1.165) is 12.6 Å². The van der Waals surface area contributed by atoms with Gasteiger partial charge in [0.1, 0.15) is 0 Å². The zero-order valence-electron chi connectivity index (χ0n) is 15.4. The van der Waals surface area contributed by atoms with Crippen LogP contribution in [0.4, 0.5) is 0 Å². The normalized spacial score (nSPS) is 15.6. The number of nitrogens with one attached hydrogen (secondary N) is 1. The quantitative estimate of drug-likeness (QED) is 0.670. The van der Waals surface area contributed by atoms with Crippen LogP contribution in [0.5, 0.6) is 0 Å². The third-order valence-electron chi connectivity index (χ3n) is 5.31. The maximum absolute atomic E-state index is 3.50. The second-order valence-corrected chi connectivity index (χ2v) is 7.23. The van der Waals surface area contributed by atoms with Crippen LogP contribution in [0.3, 0.4) is 0 Å². The number of benzene rings is 2. The summed E-state index contributed by atoms with van der Waals surface area (Å²) < 4.78 is 0. The van der Waals surface area contributed by atoms with Crippen molar-refractivity contribution in [3.63, 3.8) is 0 Å². The van der Waals surface area contributed by atoms with Gasteiger partial charge in [0.25, 0.3) is 0 Å². The number of nitrogens with zero attached hydrogens (tertiary/aromatic N) is 1. The third-order valence-corrected chi connectivity index (χ3v) is 5.31. The highest BCUT2D eigenvalue weighted by Gasteiger charge is 2.20. The molecule has 2 nitrogen and oxygen atoms in total. The van der Waals surface area contributed by atoms with E-state index in [4.69, 9.17) is 0 Å². The lowest BCUT2D eigenvalue weighted by Gasteiger charge is -2.35. The van der Waals surface area contributed by atoms with Gasteiger partial charge in [0.15, 0.2) is 0 Å². The summed E-state index contributed by atoms with van der Waals surface area (Å²) in [5.74, 6) is 0. The fourth-order valence-corrected chi connectivity index (χ4v) is 3.85. The molecule has 0 saturated carbocycles. The molecule has 134 valence electrons. The monoisotopic (exact) mass is 336 g/mol. The van der Waals surface area contributed by atoms with Gasteiger partial charge >= 0.3 is 0 Å². The standard InChI is InChI=1S/C23H32N2/c1-4-10-21(11-5-1)12-8-3-9-19-25(23-15-17-24-18-16-23)20-22-13-6-2-7-14-22/h1-2,4-7,10-11,13-14,23-24H,3,8-9,12,15-20H2. The van der Waals surface area contributed by atoms with Crippen molar-refractivity contribution in [2.24, 2.45) is 0 Å². The molecular formula is C23H32N2. The van der Waals surface area contributed by atoms with Crippen molar-refractivity contribution < 1.29 is 0 Å². The van der Waals surface area contributed by atoms with Crippen molar-refractivity contribution in [3.05, 3.63) is 71.8 Å². The van der Waals surface area contributed by atoms with Crippen molar-refractivity contribution in [1.82, 2.24) is 10.2 Å². The summed E-state index contributed by atoms with van der Waals surface area (Å²) in [5, 5.41) is 3.50. The molecule has 2 aromatic carbocycles. The van der Waals surface area contributed by atoms with Crippen LogP contribution >= 0.6 is 0 Å². The summed E-state index contributed by atoms with van der Waals surface area (Å²) in [7, 11) is 0. The molecule has 1 fully saturated rings. The van der Waals surface area contributed by atoms with Crippen LogP contribution in [-0.4, -0.2) is 30.6 Å². The maximum atomic E-state index is 3.50. The Bertz CT molecular complexity index is 576. The van der Waals surface area contributed by atoms with Gasteiger partial charge in [0.05, 0.1) is 0 Å². The smallest absolute Gasteiger partial charge is 0.0236 e. The molecule has 1 aliphatic heterocycles. The van der Waals surface area contributed by atoms with E-state index in [2.05, 4.69) is 70.9 Å². The molecule has 0 spiro atoms. The second kappa shape index (κ2) is 10.4. The maximum Gasteiger partial charge on any atom is 0.0236 e. The van der Waals surface area contributed by atoms with Gasteiger partial charge in [0.2, 0.25) is 0 Å². The molecule has 2 aromatic rings. The highest BCUT2D eigenvalue weighted by Crippen LogP contribution is 2.17. The highest BCUT2D eigenvalue weighted by atomic mass is 15.2. The molecule has 0 radical (unpaired) electrons. The van der Waals surface area contributed by atoms with Gasteiger partial charge in [-0.15, -0.1) is 0 Å². The van der Waals surface area contributed by atoms with Crippen LogP contribution in [0.15, 0.2) is 60.7 Å². The van der Waals surface area contributed by atoms with Crippen molar-refractivity contribution in [2.75, 3.05) is 19.6 Å². The van der Waals surface area contributed by atoms with Gasteiger partial charge in [-0.1, -0.05) is 67.1 Å². The second-order valence-electron chi connectivity index (χ2n) is 7.23. The molecule has 1 heterocycles. The number of hydrogen-bond acceptors (Lipinski definition) is 2. The average molecular weight is 337 g/mol. The Morgan fingerprint density at radius 3 is 2.08 bits per heavy atom. The molecule has 2 heteroatoms. The van der Waals surface area contributed by atoms with E-state index in [-0.39, 0.29) is 0 Å². The van der Waals surface area contributed by atoms with E-state index >= 15 is 0 Å². The number of aryl methyl sites for hydroxylation is 1. The minimum Gasteiger partial charge on any atom is -0.317 e. The van der Waals surface area contributed by atoms with Crippen LogP contribution in [0.25, 0.3) is 0 Å². The van der Waals surface area contributed by atoms with E-state index < -0.39 is 0 Å². The van der Waals surface area contributed by atoms with Gasteiger partial charge in [-0.25, -0.2) is 0 Å². The van der Waals surface area contributed by atoms with Gasteiger partial charge < -0.3 is 5.32 Å². The molecule has 25 heavy (non-hydrogen) atoms. The third kappa shape index (κ3) is 6.30. The van der Waals surface area contributed by atoms with Crippen LogP contribution in [0.2, 0.25) is 0 Å². The first kappa shape index (κ1) is 18.2. The number of rotatable bonds is 9. The minimum atomic E-state index is 0.746. The van der Waals surface area contributed by atoms with E-state index in [1.807, 2.05) is 0 Å². The lowest BCUT2D eigenvalue weighted by Crippen LogP contribution is -2.43. The number of hydrogen-bond donors (Lipinski definition) is 1. The Labute approximate surface area is 153 Å². The van der Waals surface area contributed by atoms with E-state index in [1.54, 1.807) is 0 Å². The Morgan fingerprint density at radius 1 is 0.760 bits per heavy atom. The average Bonchev–Trinajstić information content (AvgIpc) is 2.69. The van der Waals surface area contributed by atoms with Crippen molar-refractivity contribution in [2.45, 2.75) is 51.1 Å². The largest absolute Gasteiger partial charge is 0.317 e. The zero-order valence-corrected chi connectivity index (χ0v) is 15.4. The SMILES string of the molecule is c1ccc(CCCCCN(Cc2ccccc2)C2CCNCC2)cc1. The number of unbranched alkanes of at least 4 members (excludes halogenated alkanes) is 2. The van der Waals surface area contributed by atoms with Crippen LogP contribution in [-0.2, 0) is 13.0 Å². The van der Waals surface area contributed by atoms with Gasteiger partial charge in [-0.3, -0.25) is 4.90 Å². The predicted octanol–water partition coefficient (Wildman–Crippen LogP) is 4.65. The Morgan fingerprint density at radius 2 is 1.40 bits per heavy atom. The topological polar surface area (TPSA) is 15.3 Å². The Kier molecular flexibility index (Phi) is 7.54. The predicted molar refractivity (Wildman–Crippen MR) is 107 cm³/mol. The molecule has 1 N–H and O–H groups in total. The van der Waals surface area contributed by atoms with Gasteiger partial charge in [-0.2, -0.15) is 0 Å². The van der Waals surface area contributed by atoms with Gasteiger partial charge in [-0.05, 0) is 62.9 Å². The van der Waals surface area contributed by atoms with Crippen molar-refractivity contribution in [1.29, 1.82) is 0 Å². The Balaban J connectivity index is 1.45. The lowest BCUT2D eigenvalue weighted by atomic mass is 10.0. The van der Waals surface area contributed by atoms with Crippen LogP contribution < -0.4 is 5.32 Å². The van der Waals surface area contributed by atoms with E-state index in [1.165, 1.54) is 69.3 Å². The first-order valence-electron chi connectivity index (χ1n) is 9.94. The molecular weight excluding hydrogens is 304 g/mol. The lowest BCUT2D eigenvalue weighted by molar-refractivity contribution is 0.151. The molecule has 0 amide bonds. The summed E-state index contributed by atoms with van der Waals surface area (Å²) in [4.78, 5) is 2.73. The molecule has 3 rings (SSSR count). The van der Waals surface area contributed by atoms with E-state index in [9.17, 15) is 0 Å². The van der Waals surface area contributed by atoms with Crippen molar-refractivity contribution in [3.8, 4) is 0 Å². The molecule has 0 unspecified atom stereocenters. The molecule has 0 aromatic heterocycles. The molecule has 0 atom stereocenters.